The van der Waals surface area contributed by atoms with Crippen LogP contribution in [0.4, 0.5) is 5.69 Å². The Bertz CT molecular complexity index is 707. The molecule has 1 heterocycles. The molecule has 144 valence electrons. The molecular formula is C22H29N2O3+. The maximum absolute atomic E-state index is 12.4. The first-order chi connectivity index (χ1) is 13.2. The summed E-state index contributed by atoms with van der Waals surface area (Å²) in [6.45, 7) is 7.62. The van der Waals surface area contributed by atoms with Crippen molar-refractivity contribution >= 4 is 11.6 Å². The van der Waals surface area contributed by atoms with Crippen molar-refractivity contribution in [2.24, 2.45) is 0 Å². The molecule has 1 amide bonds. The van der Waals surface area contributed by atoms with Gasteiger partial charge in [-0.05, 0) is 42.8 Å². The largest absolute Gasteiger partial charge is 0.494 e. The zero-order valence-electron chi connectivity index (χ0n) is 16.0. The Hall–Kier alpha value is -2.37. The number of quaternary nitrogens is 1. The number of morpholine rings is 1. The molecule has 3 rings (SSSR count). The van der Waals surface area contributed by atoms with Crippen LogP contribution in [-0.2, 0) is 11.3 Å². The summed E-state index contributed by atoms with van der Waals surface area (Å²) in [5.74, 6) is 0.691. The van der Waals surface area contributed by atoms with Crippen molar-refractivity contribution in [2.45, 2.75) is 26.3 Å². The van der Waals surface area contributed by atoms with Gasteiger partial charge >= 0.3 is 0 Å². The lowest BCUT2D eigenvalue weighted by Crippen LogP contribution is -3.12. The van der Waals surface area contributed by atoms with E-state index in [1.807, 2.05) is 24.3 Å². The maximum atomic E-state index is 12.4. The van der Waals surface area contributed by atoms with Crippen LogP contribution in [0.25, 0.3) is 0 Å². The van der Waals surface area contributed by atoms with E-state index >= 15 is 0 Å². The molecular weight excluding hydrogens is 340 g/mol. The highest BCUT2D eigenvalue weighted by Crippen LogP contribution is 2.15. The van der Waals surface area contributed by atoms with Crippen molar-refractivity contribution in [3.8, 4) is 5.75 Å². The third-order valence-corrected chi connectivity index (χ3v) is 4.75. The van der Waals surface area contributed by atoms with Crippen LogP contribution in [0.1, 0.15) is 35.7 Å². The van der Waals surface area contributed by atoms with Gasteiger partial charge in [0.05, 0.1) is 19.8 Å². The van der Waals surface area contributed by atoms with E-state index in [-0.39, 0.29) is 5.91 Å². The smallest absolute Gasteiger partial charge is 0.255 e. The molecule has 27 heavy (non-hydrogen) atoms. The predicted molar refractivity (Wildman–Crippen MR) is 106 cm³/mol. The first-order valence-corrected chi connectivity index (χ1v) is 9.79. The number of anilines is 1. The fourth-order valence-electron chi connectivity index (χ4n) is 3.07. The third kappa shape index (κ3) is 6.08. The highest BCUT2D eigenvalue weighted by molar-refractivity contribution is 6.04. The number of carbonyl (C=O) groups excluding carboxylic acids is 1. The number of nitrogens with one attached hydrogen (secondary N) is 2. The highest BCUT2D eigenvalue weighted by atomic mass is 16.5. The molecule has 2 aromatic rings. The molecule has 5 heteroatoms. The third-order valence-electron chi connectivity index (χ3n) is 4.75. The number of ether oxygens (including phenoxy) is 2. The minimum atomic E-state index is -0.110. The molecule has 0 aromatic heterocycles. The molecule has 5 nitrogen and oxygen atoms in total. The van der Waals surface area contributed by atoms with Gasteiger partial charge in [0.1, 0.15) is 25.4 Å². The van der Waals surface area contributed by atoms with Crippen molar-refractivity contribution in [3.63, 3.8) is 0 Å². The Labute approximate surface area is 161 Å². The molecule has 2 aromatic carbocycles. The molecule has 1 saturated heterocycles. The van der Waals surface area contributed by atoms with Gasteiger partial charge in [-0.15, -0.1) is 0 Å². The number of carbonyl (C=O) groups is 1. The number of benzene rings is 2. The van der Waals surface area contributed by atoms with Crippen molar-refractivity contribution < 1.29 is 19.2 Å². The normalized spacial score (nSPS) is 14.7. The number of unbranched alkanes of at least 4 members (excludes halogenated alkanes) is 1. The molecule has 0 aliphatic carbocycles. The summed E-state index contributed by atoms with van der Waals surface area (Å²) in [6.07, 6.45) is 2.14. The second-order valence-electron chi connectivity index (χ2n) is 6.92. The van der Waals surface area contributed by atoms with E-state index < -0.39 is 0 Å². The molecule has 0 radical (unpaired) electrons. The molecule has 2 N–H and O–H groups in total. The zero-order valence-corrected chi connectivity index (χ0v) is 16.0. The van der Waals surface area contributed by atoms with E-state index in [0.29, 0.717) is 12.2 Å². The number of rotatable bonds is 8. The topological polar surface area (TPSA) is 52.0 Å². The SMILES string of the molecule is CCCCOc1ccc(C(=O)Nc2ccc(C[NH+]3CCOCC3)cc2)cc1. The highest BCUT2D eigenvalue weighted by Gasteiger charge is 2.14. The first kappa shape index (κ1) is 19.4. The minimum absolute atomic E-state index is 0.110. The summed E-state index contributed by atoms with van der Waals surface area (Å²) in [6, 6.07) is 15.4. The van der Waals surface area contributed by atoms with E-state index in [4.69, 9.17) is 9.47 Å². The van der Waals surface area contributed by atoms with Crippen LogP contribution >= 0.6 is 0 Å². The van der Waals surface area contributed by atoms with Gasteiger partial charge in [0, 0.05) is 16.8 Å². The van der Waals surface area contributed by atoms with Gasteiger partial charge in [0.15, 0.2) is 0 Å². The van der Waals surface area contributed by atoms with E-state index in [1.165, 1.54) is 5.56 Å². The van der Waals surface area contributed by atoms with Crippen molar-refractivity contribution in [1.29, 1.82) is 0 Å². The van der Waals surface area contributed by atoms with E-state index in [1.54, 1.807) is 17.0 Å². The minimum Gasteiger partial charge on any atom is -0.494 e. The fourth-order valence-corrected chi connectivity index (χ4v) is 3.07. The van der Waals surface area contributed by atoms with Crippen LogP contribution in [0.15, 0.2) is 48.5 Å². The van der Waals surface area contributed by atoms with Gasteiger partial charge < -0.3 is 19.7 Å². The average molecular weight is 369 g/mol. The first-order valence-electron chi connectivity index (χ1n) is 9.79. The van der Waals surface area contributed by atoms with Gasteiger partial charge in [-0.2, -0.15) is 0 Å². The average Bonchev–Trinajstić information content (AvgIpc) is 2.71. The van der Waals surface area contributed by atoms with E-state index in [9.17, 15) is 4.79 Å². The molecule has 0 saturated carbocycles. The van der Waals surface area contributed by atoms with Gasteiger partial charge in [-0.1, -0.05) is 25.5 Å². The van der Waals surface area contributed by atoms with E-state index in [0.717, 1.165) is 57.1 Å². The quantitative estimate of drug-likeness (QED) is 0.703. The van der Waals surface area contributed by atoms with Gasteiger partial charge in [0.25, 0.3) is 5.91 Å². The summed E-state index contributed by atoms with van der Waals surface area (Å²) in [5.41, 5.74) is 2.71. The zero-order chi connectivity index (χ0) is 18.9. The molecule has 0 spiro atoms. The summed E-state index contributed by atoms with van der Waals surface area (Å²) in [7, 11) is 0. The molecule has 0 unspecified atom stereocenters. The Morgan fingerprint density at radius 1 is 1.07 bits per heavy atom. The molecule has 1 aliphatic rings. The van der Waals surface area contributed by atoms with Crippen LogP contribution in [0.3, 0.4) is 0 Å². The van der Waals surface area contributed by atoms with Crippen molar-refractivity contribution in [1.82, 2.24) is 0 Å². The summed E-state index contributed by atoms with van der Waals surface area (Å²) in [5, 5.41) is 2.95. The van der Waals surface area contributed by atoms with Crippen molar-refractivity contribution in [3.05, 3.63) is 59.7 Å². The predicted octanol–water partition coefficient (Wildman–Crippen LogP) is 2.53. The number of hydrogen-bond donors (Lipinski definition) is 2. The molecule has 0 atom stereocenters. The molecule has 0 bridgehead atoms. The molecule has 1 fully saturated rings. The summed E-state index contributed by atoms with van der Waals surface area (Å²) >= 11 is 0. The van der Waals surface area contributed by atoms with Crippen LogP contribution in [0.2, 0.25) is 0 Å². The van der Waals surface area contributed by atoms with Crippen LogP contribution in [0, 0.1) is 0 Å². The number of amides is 1. The van der Waals surface area contributed by atoms with E-state index in [2.05, 4.69) is 24.4 Å². The van der Waals surface area contributed by atoms with Gasteiger partial charge in [0.2, 0.25) is 0 Å². The van der Waals surface area contributed by atoms with Crippen molar-refractivity contribution in [2.75, 3.05) is 38.2 Å². The van der Waals surface area contributed by atoms with Crippen LogP contribution < -0.4 is 15.0 Å². The van der Waals surface area contributed by atoms with Crippen LogP contribution in [-0.4, -0.2) is 38.8 Å². The van der Waals surface area contributed by atoms with Gasteiger partial charge in [-0.3, -0.25) is 4.79 Å². The number of hydrogen-bond acceptors (Lipinski definition) is 3. The Morgan fingerprint density at radius 2 is 1.78 bits per heavy atom. The standard InChI is InChI=1S/C22H28N2O3/c1-2-3-14-27-21-10-6-19(7-11-21)22(25)23-20-8-4-18(5-9-20)17-24-12-15-26-16-13-24/h4-11H,2-3,12-17H2,1H3,(H,23,25)/p+1. The Morgan fingerprint density at radius 3 is 2.44 bits per heavy atom. The monoisotopic (exact) mass is 369 g/mol. The second kappa shape index (κ2) is 10.1. The lowest BCUT2D eigenvalue weighted by Gasteiger charge is -2.23. The molecule has 1 aliphatic heterocycles. The fraction of sp³-hybridized carbons (Fsp3) is 0.409. The second-order valence-corrected chi connectivity index (χ2v) is 6.92. The van der Waals surface area contributed by atoms with Gasteiger partial charge in [-0.25, -0.2) is 0 Å². The Balaban J connectivity index is 1.51. The summed E-state index contributed by atoms with van der Waals surface area (Å²) in [4.78, 5) is 14.0. The maximum Gasteiger partial charge on any atom is 0.255 e. The Kier molecular flexibility index (Phi) is 7.25. The lowest BCUT2D eigenvalue weighted by atomic mass is 10.1. The van der Waals surface area contributed by atoms with Crippen LogP contribution in [0.5, 0.6) is 5.75 Å². The summed E-state index contributed by atoms with van der Waals surface area (Å²) < 4.78 is 11.0. The lowest BCUT2D eigenvalue weighted by molar-refractivity contribution is -0.921.